The zero-order chi connectivity index (χ0) is 21.3. The van der Waals surface area contributed by atoms with Crippen molar-refractivity contribution < 1.29 is 9.53 Å². The van der Waals surface area contributed by atoms with Gasteiger partial charge in [0.2, 0.25) is 5.91 Å². The van der Waals surface area contributed by atoms with Gasteiger partial charge in [0.05, 0.1) is 5.75 Å². The van der Waals surface area contributed by atoms with E-state index in [1.807, 2.05) is 54.0 Å². The molecule has 1 aromatic heterocycles. The number of hydrogen-bond acceptors (Lipinski definition) is 5. The van der Waals surface area contributed by atoms with Crippen molar-refractivity contribution >= 4 is 23.4 Å². The number of amides is 1. The Hall–Kier alpha value is -2.80. The maximum Gasteiger partial charge on any atom is 0.234 e. The highest BCUT2D eigenvalue weighted by molar-refractivity contribution is 7.99. The third-order valence-electron chi connectivity index (χ3n) is 4.93. The highest BCUT2D eigenvalue weighted by atomic mass is 32.2. The van der Waals surface area contributed by atoms with E-state index < -0.39 is 0 Å². The molecule has 1 heterocycles. The number of hydrogen-bond donors (Lipinski definition) is 1. The molecule has 0 aliphatic carbocycles. The van der Waals surface area contributed by atoms with E-state index in [1.165, 1.54) is 17.3 Å². The lowest BCUT2D eigenvalue weighted by Gasteiger charge is -2.11. The van der Waals surface area contributed by atoms with Crippen molar-refractivity contribution in [3.05, 3.63) is 66.0 Å². The zero-order valence-corrected chi connectivity index (χ0v) is 18.5. The van der Waals surface area contributed by atoms with Crippen LogP contribution in [0.5, 0.6) is 5.75 Å². The van der Waals surface area contributed by atoms with Crippen molar-refractivity contribution in [2.24, 2.45) is 0 Å². The summed E-state index contributed by atoms with van der Waals surface area (Å²) in [5.41, 5.74) is 2.09. The summed E-state index contributed by atoms with van der Waals surface area (Å²) >= 11 is 1.37. The molecule has 6 nitrogen and oxygen atoms in total. The molecule has 3 rings (SSSR count). The SMILES string of the molecule is CCC(C)c1ccc(NC(=O)CSc2nnc(COc3ccccc3)n2CC)cc1. The lowest BCUT2D eigenvalue weighted by atomic mass is 9.99. The molecule has 30 heavy (non-hydrogen) atoms. The molecule has 0 saturated heterocycles. The van der Waals surface area contributed by atoms with Crippen LogP contribution in [0, 0.1) is 0 Å². The van der Waals surface area contributed by atoms with E-state index in [0.717, 1.165) is 23.7 Å². The number of para-hydroxylation sites is 1. The maximum atomic E-state index is 12.4. The van der Waals surface area contributed by atoms with Gasteiger partial charge in [0.25, 0.3) is 0 Å². The Labute approximate surface area is 182 Å². The fourth-order valence-corrected chi connectivity index (χ4v) is 3.79. The van der Waals surface area contributed by atoms with Gasteiger partial charge in [-0.05, 0) is 49.1 Å². The molecule has 158 valence electrons. The largest absolute Gasteiger partial charge is 0.486 e. The normalized spacial score (nSPS) is 11.8. The van der Waals surface area contributed by atoms with E-state index in [0.29, 0.717) is 24.2 Å². The molecule has 0 fully saturated rings. The summed E-state index contributed by atoms with van der Waals surface area (Å²) < 4.78 is 7.75. The summed E-state index contributed by atoms with van der Waals surface area (Å²) in [5, 5.41) is 12.1. The molecule has 1 N–H and O–H groups in total. The lowest BCUT2D eigenvalue weighted by molar-refractivity contribution is -0.113. The van der Waals surface area contributed by atoms with Crippen LogP contribution in [0.3, 0.4) is 0 Å². The van der Waals surface area contributed by atoms with E-state index >= 15 is 0 Å². The number of thioether (sulfide) groups is 1. The number of nitrogens with zero attached hydrogens (tertiary/aromatic N) is 3. The molecular formula is C23H28N4O2S. The molecule has 2 aromatic carbocycles. The molecule has 1 amide bonds. The molecular weight excluding hydrogens is 396 g/mol. The smallest absolute Gasteiger partial charge is 0.234 e. The van der Waals surface area contributed by atoms with Gasteiger partial charge in [-0.15, -0.1) is 10.2 Å². The van der Waals surface area contributed by atoms with E-state index in [2.05, 4.69) is 41.5 Å². The number of carbonyl (C=O) groups excluding carboxylic acids is 1. The summed E-state index contributed by atoms with van der Waals surface area (Å²) in [6.45, 7) is 7.44. The van der Waals surface area contributed by atoms with E-state index in [9.17, 15) is 4.79 Å². The predicted molar refractivity (Wildman–Crippen MR) is 121 cm³/mol. The molecule has 3 aromatic rings. The minimum absolute atomic E-state index is 0.0657. The second-order valence-electron chi connectivity index (χ2n) is 7.01. The standard InChI is InChI=1S/C23H28N4O2S/c1-4-17(3)18-11-13-19(14-12-18)24-22(28)16-30-23-26-25-21(27(23)5-2)15-29-20-9-7-6-8-10-20/h6-14,17H,4-5,15-16H2,1-3H3,(H,24,28). The Morgan fingerprint density at radius 2 is 1.83 bits per heavy atom. The highest BCUT2D eigenvalue weighted by Crippen LogP contribution is 2.22. The predicted octanol–water partition coefficient (Wildman–Crippen LogP) is 5.12. The average Bonchev–Trinajstić information content (AvgIpc) is 3.18. The third-order valence-corrected chi connectivity index (χ3v) is 5.90. The quantitative estimate of drug-likeness (QED) is 0.457. The Morgan fingerprint density at radius 1 is 1.10 bits per heavy atom. The molecule has 0 spiro atoms. The van der Waals surface area contributed by atoms with E-state index in [4.69, 9.17) is 4.74 Å². The zero-order valence-electron chi connectivity index (χ0n) is 17.7. The first-order valence-corrected chi connectivity index (χ1v) is 11.2. The fraction of sp³-hybridized carbons (Fsp3) is 0.348. The molecule has 7 heteroatoms. The molecule has 0 bridgehead atoms. The van der Waals surface area contributed by atoms with Crippen molar-refractivity contribution in [3.8, 4) is 5.75 Å². The van der Waals surface area contributed by atoms with E-state index in [-0.39, 0.29) is 11.7 Å². The molecule has 0 radical (unpaired) electrons. The number of benzene rings is 2. The highest BCUT2D eigenvalue weighted by Gasteiger charge is 2.14. The van der Waals surface area contributed by atoms with Gasteiger partial charge in [-0.3, -0.25) is 4.79 Å². The van der Waals surface area contributed by atoms with Crippen LogP contribution >= 0.6 is 11.8 Å². The van der Waals surface area contributed by atoms with Crippen LogP contribution in [0.2, 0.25) is 0 Å². The van der Waals surface area contributed by atoms with Gasteiger partial charge in [-0.1, -0.05) is 55.9 Å². The number of nitrogens with one attached hydrogen (secondary N) is 1. The summed E-state index contributed by atoms with van der Waals surface area (Å²) in [6, 6.07) is 17.7. The Morgan fingerprint density at radius 3 is 2.50 bits per heavy atom. The summed E-state index contributed by atoms with van der Waals surface area (Å²) in [6.07, 6.45) is 1.10. The number of anilines is 1. The van der Waals surface area contributed by atoms with Crippen LogP contribution in [0.15, 0.2) is 59.8 Å². The van der Waals surface area contributed by atoms with E-state index in [1.54, 1.807) is 0 Å². The Kier molecular flexibility index (Phi) is 7.90. The molecule has 0 saturated carbocycles. The van der Waals surface area contributed by atoms with Gasteiger partial charge < -0.3 is 14.6 Å². The number of carbonyl (C=O) groups is 1. The van der Waals surface area contributed by atoms with Crippen molar-refractivity contribution in [3.63, 3.8) is 0 Å². The third kappa shape index (κ3) is 5.86. The van der Waals surface area contributed by atoms with Gasteiger partial charge in [-0.2, -0.15) is 0 Å². The van der Waals surface area contributed by atoms with Crippen LogP contribution in [0.1, 0.15) is 44.5 Å². The second kappa shape index (κ2) is 10.8. The average molecular weight is 425 g/mol. The molecule has 0 aliphatic rings. The number of ether oxygens (including phenoxy) is 1. The Balaban J connectivity index is 1.53. The van der Waals surface area contributed by atoms with Crippen LogP contribution in [-0.2, 0) is 17.9 Å². The van der Waals surface area contributed by atoms with Crippen LogP contribution in [0.4, 0.5) is 5.69 Å². The van der Waals surface area contributed by atoms with Crippen molar-refractivity contribution in [2.75, 3.05) is 11.1 Å². The Bertz CT molecular complexity index is 942. The van der Waals surface area contributed by atoms with Gasteiger partial charge in [0.15, 0.2) is 11.0 Å². The molecule has 0 aliphatic heterocycles. The summed E-state index contributed by atoms with van der Waals surface area (Å²) in [5.74, 6) is 2.25. The van der Waals surface area contributed by atoms with Crippen LogP contribution in [-0.4, -0.2) is 26.4 Å². The van der Waals surface area contributed by atoms with Crippen molar-refractivity contribution in [1.29, 1.82) is 0 Å². The summed E-state index contributed by atoms with van der Waals surface area (Å²) in [4.78, 5) is 12.4. The van der Waals surface area contributed by atoms with Crippen LogP contribution < -0.4 is 10.1 Å². The van der Waals surface area contributed by atoms with Gasteiger partial charge in [0, 0.05) is 12.2 Å². The number of aromatic nitrogens is 3. The lowest BCUT2D eigenvalue weighted by Crippen LogP contribution is -2.15. The van der Waals surface area contributed by atoms with Gasteiger partial charge in [0.1, 0.15) is 12.4 Å². The maximum absolute atomic E-state index is 12.4. The first-order valence-electron chi connectivity index (χ1n) is 10.2. The van der Waals surface area contributed by atoms with Gasteiger partial charge in [-0.25, -0.2) is 0 Å². The summed E-state index contributed by atoms with van der Waals surface area (Å²) in [7, 11) is 0. The minimum atomic E-state index is -0.0657. The van der Waals surface area contributed by atoms with Crippen molar-refractivity contribution in [1.82, 2.24) is 14.8 Å². The monoisotopic (exact) mass is 424 g/mol. The first-order chi connectivity index (χ1) is 14.6. The first kappa shape index (κ1) is 21.9. The molecule has 1 atom stereocenters. The minimum Gasteiger partial charge on any atom is -0.486 e. The number of rotatable bonds is 10. The van der Waals surface area contributed by atoms with Gasteiger partial charge >= 0.3 is 0 Å². The molecule has 1 unspecified atom stereocenters. The van der Waals surface area contributed by atoms with Crippen LogP contribution in [0.25, 0.3) is 0 Å². The van der Waals surface area contributed by atoms with Crippen molar-refractivity contribution in [2.45, 2.75) is 51.4 Å². The topological polar surface area (TPSA) is 69.0 Å². The second-order valence-corrected chi connectivity index (χ2v) is 7.96. The fourth-order valence-electron chi connectivity index (χ4n) is 2.97.